The van der Waals surface area contributed by atoms with Crippen LogP contribution in [-0.2, 0) is 12.8 Å². The molecule has 20 heavy (non-hydrogen) atoms. The molecule has 1 saturated heterocycles. The molecule has 1 unspecified atom stereocenters. The molecular weight excluding hydrogens is 264 g/mol. The third-order valence-corrected chi connectivity index (χ3v) is 6.22. The van der Waals surface area contributed by atoms with Crippen LogP contribution >= 0.6 is 11.8 Å². The molecule has 1 N–H and O–H groups in total. The Balaban J connectivity index is 1.46. The lowest BCUT2D eigenvalue weighted by atomic mass is 9.89. The fourth-order valence-electron chi connectivity index (χ4n) is 3.85. The Hall–Kier alpha value is -0.960. The van der Waals surface area contributed by atoms with Crippen LogP contribution in [-0.4, -0.2) is 22.5 Å². The number of hydrogen-bond donors (Lipinski definition) is 1. The van der Waals surface area contributed by atoms with Crippen LogP contribution in [0.2, 0.25) is 0 Å². The number of amidine groups is 1. The molecule has 0 bridgehead atoms. The highest BCUT2D eigenvalue weighted by atomic mass is 32.2. The summed E-state index contributed by atoms with van der Waals surface area (Å²) in [6, 6.07) is 9.34. The molecular formula is C17H22N2S. The number of hydrogen-bond acceptors (Lipinski definition) is 2. The van der Waals surface area contributed by atoms with Crippen LogP contribution in [0.3, 0.4) is 0 Å². The number of benzene rings is 1. The van der Waals surface area contributed by atoms with E-state index in [0.717, 1.165) is 6.42 Å². The predicted octanol–water partition coefficient (Wildman–Crippen LogP) is 3.55. The molecule has 2 fully saturated rings. The van der Waals surface area contributed by atoms with E-state index in [1.165, 1.54) is 60.6 Å². The number of aryl methyl sites for hydroxylation is 1. The lowest BCUT2D eigenvalue weighted by Crippen LogP contribution is -2.41. The summed E-state index contributed by atoms with van der Waals surface area (Å²) >= 11 is 1.95. The van der Waals surface area contributed by atoms with Gasteiger partial charge in [-0.15, -0.1) is 0 Å². The van der Waals surface area contributed by atoms with Gasteiger partial charge in [-0.2, -0.15) is 0 Å². The van der Waals surface area contributed by atoms with E-state index in [1.807, 2.05) is 11.8 Å². The van der Waals surface area contributed by atoms with Crippen LogP contribution in [0.5, 0.6) is 0 Å². The van der Waals surface area contributed by atoms with E-state index in [4.69, 9.17) is 4.99 Å². The maximum Gasteiger partial charge on any atom is 0.157 e. The minimum absolute atomic E-state index is 0.399. The molecule has 0 amide bonds. The van der Waals surface area contributed by atoms with Gasteiger partial charge in [-0.05, 0) is 43.2 Å². The average molecular weight is 286 g/mol. The fourth-order valence-corrected chi connectivity index (χ4v) is 5.14. The van der Waals surface area contributed by atoms with Gasteiger partial charge in [-0.25, -0.2) is 0 Å². The second kappa shape index (κ2) is 5.10. The van der Waals surface area contributed by atoms with Gasteiger partial charge in [0, 0.05) is 11.3 Å². The number of rotatable bonds is 1. The standard InChI is InChI=1S/C17H22N2S/c1-2-6-14-11-15(8-7-13(14)5-1)18-16-19-17(12-20-16)9-3-4-10-17/h1-2,5-6,15H,3-4,7-12H2,(H,18,19). The van der Waals surface area contributed by atoms with Gasteiger partial charge < -0.3 is 5.32 Å². The van der Waals surface area contributed by atoms with Gasteiger partial charge in [0.05, 0.1) is 6.04 Å². The predicted molar refractivity (Wildman–Crippen MR) is 86.5 cm³/mol. The number of nitrogens with one attached hydrogen (secondary N) is 1. The van der Waals surface area contributed by atoms with E-state index in [9.17, 15) is 0 Å². The first-order valence-corrected chi connectivity index (χ1v) is 8.87. The van der Waals surface area contributed by atoms with Gasteiger partial charge in [-0.1, -0.05) is 48.9 Å². The van der Waals surface area contributed by atoms with E-state index in [-0.39, 0.29) is 0 Å². The van der Waals surface area contributed by atoms with Crippen molar-refractivity contribution >= 4 is 16.9 Å². The number of aliphatic imine (C=N–C) groups is 1. The SMILES string of the molecule is c1ccc2c(c1)CCC(N=C1NC3(CCCC3)CS1)C2. The summed E-state index contributed by atoms with van der Waals surface area (Å²) in [5.41, 5.74) is 3.44. The summed E-state index contributed by atoms with van der Waals surface area (Å²) in [5, 5.41) is 4.97. The molecule has 1 atom stereocenters. The summed E-state index contributed by atoms with van der Waals surface area (Å²) in [7, 11) is 0. The molecule has 2 nitrogen and oxygen atoms in total. The molecule has 4 rings (SSSR count). The first-order valence-electron chi connectivity index (χ1n) is 7.89. The largest absolute Gasteiger partial charge is 0.359 e. The first-order chi connectivity index (χ1) is 9.83. The van der Waals surface area contributed by atoms with E-state index in [2.05, 4.69) is 29.6 Å². The third-order valence-electron chi connectivity index (χ3n) is 5.04. The Kier molecular flexibility index (Phi) is 3.25. The Morgan fingerprint density at radius 3 is 2.80 bits per heavy atom. The van der Waals surface area contributed by atoms with E-state index in [0.29, 0.717) is 11.6 Å². The molecule has 1 aromatic carbocycles. The molecule has 1 heterocycles. The highest BCUT2D eigenvalue weighted by Gasteiger charge is 2.39. The van der Waals surface area contributed by atoms with Gasteiger partial charge in [0.1, 0.15) is 0 Å². The lowest BCUT2D eigenvalue weighted by molar-refractivity contribution is 0.450. The zero-order chi connectivity index (χ0) is 13.4. The van der Waals surface area contributed by atoms with E-state index in [1.54, 1.807) is 0 Å². The zero-order valence-electron chi connectivity index (χ0n) is 11.9. The Bertz CT molecular complexity index is 532. The van der Waals surface area contributed by atoms with Crippen LogP contribution in [0, 0.1) is 0 Å². The minimum Gasteiger partial charge on any atom is -0.359 e. The van der Waals surface area contributed by atoms with Crippen LogP contribution in [0.4, 0.5) is 0 Å². The molecule has 2 aliphatic carbocycles. The highest BCUT2D eigenvalue weighted by Crippen LogP contribution is 2.38. The number of fused-ring (bicyclic) bond motifs is 1. The van der Waals surface area contributed by atoms with Gasteiger partial charge in [0.15, 0.2) is 5.17 Å². The van der Waals surface area contributed by atoms with Crippen molar-refractivity contribution in [3.05, 3.63) is 35.4 Å². The van der Waals surface area contributed by atoms with E-state index < -0.39 is 0 Å². The van der Waals surface area contributed by atoms with Gasteiger partial charge in [0.2, 0.25) is 0 Å². The van der Waals surface area contributed by atoms with Crippen molar-refractivity contribution in [2.75, 3.05) is 5.75 Å². The van der Waals surface area contributed by atoms with Crippen LogP contribution in [0.1, 0.15) is 43.2 Å². The summed E-state index contributed by atoms with van der Waals surface area (Å²) in [5.74, 6) is 1.23. The minimum atomic E-state index is 0.399. The van der Waals surface area contributed by atoms with Crippen molar-refractivity contribution in [1.29, 1.82) is 0 Å². The van der Waals surface area contributed by atoms with Crippen molar-refractivity contribution in [2.24, 2.45) is 4.99 Å². The molecule has 106 valence electrons. The highest BCUT2D eigenvalue weighted by molar-refractivity contribution is 8.14. The lowest BCUT2D eigenvalue weighted by Gasteiger charge is -2.24. The van der Waals surface area contributed by atoms with Crippen LogP contribution in [0.15, 0.2) is 29.3 Å². The summed E-state index contributed by atoms with van der Waals surface area (Å²) in [6.07, 6.45) is 8.96. The molecule has 1 aliphatic heterocycles. The molecule has 1 spiro atoms. The molecule has 0 radical (unpaired) electrons. The van der Waals surface area contributed by atoms with Gasteiger partial charge in [0.25, 0.3) is 0 Å². The smallest absolute Gasteiger partial charge is 0.157 e. The second-order valence-electron chi connectivity index (χ2n) is 6.50. The molecule has 1 aromatic rings. The molecule has 1 saturated carbocycles. The van der Waals surface area contributed by atoms with Crippen molar-refractivity contribution in [3.8, 4) is 0 Å². The average Bonchev–Trinajstić information content (AvgIpc) is 3.09. The van der Waals surface area contributed by atoms with Crippen molar-refractivity contribution in [2.45, 2.75) is 56.5 Å². The molecule has 3 aliphatic rings. The normalized spacial score (nSPS) is 29.6. The third kappa shape index (κ3) is 2.37. The summed E-state index contributed by atoms with van der Waals surface area (Å²) in [6.45, 7) is 0. The zero-order valence-corrected chi connectivity index (χ0v) is 12.7. The monoisotopic (exact) mass is 286 g/mol. The topological polar surface area (TPSA) is 24.4 Å². The Morgan fingerprint density at radius 1 is 1.15 bits per heavy atom. The first kappa shape index (κ1) is 12.8. The van der Waals surface area contributed by atoms with Gasteiger partial charge >= 0.3 is 0 Å². The number of thioether (sulfide) groups is 1. The molecule has 0 aromatic heterocycles. The second-order valence-corrected chi connectivity index (χ2v) is 7.46. The summed E-state index contributed by atoms with van der Waals surface area (Å²) < 4.78 is 0. The Morgan fingerprint density at radius 2 is 1.95 bits per heavy atom. The van der Waals surface area contributed by atoms with Crippen molar-refractivity contribution in [3.63, 3.8) is 0 Å². The quantitative estimate of drug-likeness (QED) is 0.854. The Labute approximate surface area is 125 Å². The van der Waals surface area contributed by atoms with Crippen molar-refractivity contribution in [1.82, 2.24) is 5.32 Å². The van der Waals surface area contributed by atoms with Gasteiger partial charge in [-0.3, -0.25) is 4.99 Å². The summed E-state index contributed by atoms with van der Waals surface area (Å²) in [4.78, 5) is 5.02. The fraction of sp³-hybridized carbons (Fsp3) is 0.588. The van der Waals surface area contributed by atoms with E-state index >= 15 is 0 Å². The van der Waals surface area contributed by atoms with Crippen LogP contribution < -0.4 is 5.32 Å². The maximum absolute atomic E-state index is 5.02. The maximum atomic E-state index is 5.02. The van der Waals surface area contributed by atoms with Crippen molar-refractivity contribution < 1.29 is 0 Å². The van der Waals surface area contributed by atoms with Crippen LogP contribution in [0.25, 0.3) is 0 Å². The molecule has 3 heteroatoms. The number of nitrogens with zero attached hydrogens (tertiary/aromatic N) is 1.